The molecule has 2 bridgehead atoms. The van der Waals surface area contributed by atoms with Gasteiger partial charge in [-0.15, -0.1) is 0 Å². The summed E-state index contributed by atoms with van der Waals surface area (Å²) in [5.41, 5.74) is 4.83. The molecule has 0 radical (unpaired) electrons. The Balaban J connectivity index is 0.000000126. The van der Waals surface area contributed by atoms with Gasteiger partial charge in [0.25, 0.3) is 0 Å². The second kappa shape index (κ2) is 28.9. The lowest BCUT2D eigenvalue weighted by molar-refractivity contribution is 0.304. The van der Waals surface area contributed by atoms with Crippen LogP contribution in [0.25, 0.3) is 0 Å². The predicted molar refractivity (Wildman–Crippen MR) is 252 cm³/mol. The van der Waals surface area contributed by atoms with Crippen molar-refractivity contribution in [2.24, 2.45) is 29.6 Å². The van der Waals surface area contributed by atoms with Gasteiger partial charge >= 0.3 is 0 Å². The summed E-state index contributed by atoms with van der Waals surface area (Å²) in [6.45, 7) is 0. The van der Waals surface area contributed by atoms with Crippen LogP contribution < -0.4 is 0 Å². The summed E-state index contributed by atoms with van der Waals surface area (Å²) in [7, 11) is 0. The van der Waals surface area contributed by atoms with Crippen LogP contribution in [0, 0.1) is 29.6 Å². The summed E-state index contributed by atoms with van der Waals surface area (Å²) in [6, 6.07) is 8.80. The minimum Gasteiger partial charge on any atom is -0.0885 e. The van der Waals surface area contributed by atoms with E-state index in [4.69, 9.17) is 0 Å². The predicted octanol–water partition coefficient (Wildman–Crippen LogP) is 17.2. The van der Waals surface area contributed by atoms with Crippen molar-refractivity contribution >= 4 is 0 Å². The maximum Gasteiger partial charge on any atom is -0.00169 e. The Morgan fingerprint density at radius 3 is 1.44 bits per heavy atom. The van der Waals surface area contributed by atoms with Crippen LogP contribution in [0.5, 0.6) is 0 Å². The molecule has 5 atom stereocenters. The molecule has 0 saturated heterocycles. The van der Waals surface area contributed by atoms with Gasteiger partial charge in [0.15, 0.2) is 0 Å². The van der Waals surface area contributed by atoms with Crippen molar-refractivity contribution in [3.05, 3.63) is 156 Å². The molecule has 57 heavy (non-hydrogen) atoms. The highest BCUT2D eigenvalue weighted by Crippen LogP contribution is 2.39. The molecule has 308 valence electrons. The van der Waals surface area contributed by atoms with Crippen molar-refractivity contribution in [1.29, 1.82) is 0 Å². The van der Waals surface area contributed by atoms with Crippen molar-refractivity contribution in [2.75, 3.05) is 0 Å². The van der Waals surface area contributed by atoms with E-state index in [9.17, 15) is 0 Å². The summed E-state index contributed by atoms with van der Waals surface area (Å²) < 4.78 is 0. The Hall–Kier alpha value is -3.38. The van der Waals surface area contributed by atoms with Crippen LogP contribution in [0.3, 0.4) is 0 Å². The van der Waals surface area contributed by atoms with Crippen LogP contribution in [0.4, 0.5) is 0 Å². The standard InChI is InChI=1S/C10H12.C9H14.C8H10.C7H10.C6H10.2C6H8.C5H8/c1-2-6-10-8-4-3-7-9(10)5-1;1-2-5-9-7-3-6-8(9)4-1;1-3-7-5-2-6-8(7)4-1;1-2-7-4-3-6(1)5-7;3*1-2-4-6-5-3-1;1-2-4-5-3-1/h1-2,5-6H,3-4,7-8H2;3,6,8-9H,1-2,4-5,7H2;1,3-4,7H,2,5-6H2;1-2,6-7H,3-5H2;1-2H,3-6H2;1-2,5-6H,3-4H2;1-4H,5-6H2;1-2H,3-5H2. The second-order valence-electron chi connectivity index (χ2n) is 17.7. The van der Waals surface area contributed by atoms with E-state index in [-0.39, 0.29) is 0 Å². The van der Waals surface area contributed by atoms with Crippen molar-refractivity contribution in [2.45, 2.75) is 167 Å². The summed E-state index contributed by atoms with van der Waals surface area (Å²) in [6.07, 6.45) is 78.2. The highest BCUT2D eigenvalue weighted by Gasteiger charge is 2.26. The van der Waals surface area contributed by atoms with Gasteiger partial charge in [-0.1, -0.05) is 158 Å². The van der Waals surface area contributed by atoms with Crippen LogP contribution in [-0.2, 0) is 12.8 Å². The molecule has 1 aromatic rings. The first kappa shape index (κ1) is 44.7. The van der Waals surface area contributed by atoms with Crippen molar-refractivity contribution < 1.29 is 0 Å². The topological polar surface area (TPSA) is 0 Å². The zero-order chi connectivity index (χ0) is 39.3. The molecule has 0 spiro atoms. The third-order valence-electron chi connectivity index (χ3n) is 13.2. The molecule has 11 aliphatic carbocycles. The molecular weight excluding hydrogens is 685 g/mol. The molecule has 1 aromatic carbocycles. The number of hydrogen-bond donors (Lipinski definition) is 0. The van der Waals surface area contributed by atoms with Crippen LogP contribution in [0.15, 0.2) is 145 Å². The van der Waals surface area contributed by atoms with Crippen LogP contribution in [-0.4, -0.2) is 0 Å². The van der Waals surface area contributed by atoms with E-state index in [1.165, 1.54) is 154 Å². The normalized spacial score (nSPS) is 27.6. The number of aryl methyl sites for hydroxylation is 2. The van der Waals surface area contributed by atoms with Gasteiger partial charge in [0.1, 0.15) is 0 Å². The van der Waals surface area contributed by atoms with Gasteiger partial charge in [-0.2, -0.15) is 0 Å². The van der Waals surface area contributed by atoms with E-state index in [1.54, 1.807) is 16.7 Å². The minimum absolute atomic E-state index is 0.856. The summed E-state index contributed by atoms with van der Waals surface area (Å²) >= 11 is 0. The summed E-state index contributed by atoms with van der Waals surface area (Å²) in [5.74, 6) is 4.88. The lowest BCUT2D eigenvalue weighted by Crippen LogP contribution is -2.12. The second-order valence-corrected chi connectivity index (χ2v) is 17.7. The molecule has 0 N–H and O–H groups in total. The summed E-state index contributed by atoms with van der Waals surface area (Å²) in [4.78, 5) is 0. The molecule has 0 nitrogen and oxygen atoms in total. The van der Waals surface area contributed by atoms with Gasteiger partial charge in [0.05, 0.1) is 0 Å². The molecule has 3 saturated carbocycles. The van der Waals surface area contributed by atoms with Gasteiger partial charge in [-0.3, -0.25) is 0 Å². The molecular formula is C57H80. The molecule has 11 aliphatic rings. The highest BCUT2D eigenvalue weighted by molar-refractivity contribution is 5.30. The third kappa shape index (κ3) is 18.8. The zero-order valence-corrected chi connectivity index (χ0v) is 36.1. The number of fused-ring (bicyclic) bond motifs is 5. The highest BCUT2D eigenvalue weighted by atomic mass is 14.3. The Bertz CT molecular complexity index is 1440. The SMILES string of the molecule is C1=CC2CCC1C2.C1=CC2CCCC2=C1.C1=CC2CCCCC2C1.C1=CCC=CC1.C1=CCCC1.C1=CCCC=C1.C1=CCCCC1.c1ccc2c(c1)CCCC2. The number of allylic oxidation sites excluding steroid dienone is 20. The largest absolute Gasteiger partial charge is 0.0885 e. The zero-order valence-electron chi connectivity index (χ0n) is 36.1. The van der Waals surface area contributed by atoms with Gasteiger partial charge in [-0.25, -0.2) is 0 Å². The number of rotatable bonds is 0. The molecule has 5 unspecified atom stereocenters. The average molecular weight is 765 g/mol. The van der Waals surface area contributed by atoms with Gasteiger partial charge < -0.3 is 0 Å². The Morgan fingerprint density at radius 1 is 0.404 bits per heavy atom. The Morgan fingerprint density at radius 2 is 1.00 bits per heavy atom. The molecule has 0 heterocycles. The lowest BCUT2D eigenvalue weighted by atomic mass is 9.82. The van der Waals surface area contributed by atoms with Crippen LogP contribution in [0.1, 0.15) is 165 Å². The van der Waals surface area contributed by atoms with Gasteiger partial charge in [0, 0.05) is 0 Å². The average Bonchev–Trinajstić information content (AvgIpc) is 4.18. The molecule has 12 rings (SSSR count). The number of benzene rings is 1. The van der Waals surface area contributed by atoms with Gasteiger partial charge in [-0.05, 0) is 195 Å². The molecule has 3 fully saturated rings. The first-order valence-electron chi connectivity index (χ1n) is 24.1. The third-order valence-corrected chi connectivity index (χ3v) is 13.2. The van der Waals surface area contributed by atoms with E-state index in [2.05, 4.69) is 140 Å². The van der Waals surface area contributed by atoms with Crippen molar-refractivity contribution in [1.82, 2.24) is 0 Å². The molecule has 0 amide bonds. The number of hydrogen-bond acceptors (Lipinski definition) is 0. The van der Waals surface area contributed by atoms with E-state index < -0.39 is 0 Å². The Labute approximate surface area is 351 Å². The van der Waals surface area contributed by atoms with E-state index in [0.717, 1.165) is 42.4 Å². The quantitative estimate of drug-likeness (QED) is 0.231. The first-order valence-corrected chi connectivity index (χ1v) is 24.1. The summed E-state index contributed by atoms with van der Waals surface area (Å²) in [5, 5.41) is 0. The fraction of sp³-hybridized carbons (Fsp3) is 0.544. The van der Waals surface area contributed by atoms with Crippen LogP contribution in [0.2, 0.25) is 0 Å². The fourth-order valence-corrected chi connectivity index (χ4v) is 9.67. The van der Waals surface area contributed by atoms with E-state index in [1.807, 2.05) is 0 Å². The molecule has 0 heteroatoms. The first-order chi connectivity index (χ1) is 28.3. The van der Waals surface area contributed by atoms with Crippen LogP contribution >= 0.6 is 0 Å². The van der Waals surface area contributed by atoms with Crippen molar-refractivity contribution in [3.63, 3.8) is 0 Å². The fourth-order valence-electron chi connectivity index (χ4n) is 9.67. The molecule has 0 aromatic heterocycles. The van der Waals surface area contributed by atoms with Gasteiger partial charge in [0.2, 0.25) is 0 Å². The van der Waals surface area contributed by atoms with E-state index in [0.29, 0.717) is 0 Å². The minimum atomic E-state index is 0.856. The Kier molecular flexibility index (Phi) is 22.7. The van der Waals surface area contributed by atoms with E-state index >= 15 is 0 Å². The maximum atomic E-state index is 2.43. The van der Waals surface area contributed by atoms with Crippen molar-refractivity contribution in [3.8, 4) is 0 Å². The molecule has 0 aliphatic heterocycles. The lowest BCUT2D eigenvalue weighted by Gasteiger charge is -2.23. The monoisotopic (exact) mass is 765 g/mol. The smallest absolute Gasteiger partial charge is 0.00169 e. The maximum absolute atomic E-state index is 2.43.